The van der Waals surface area contributed by atoms with Crippen LogP contribution in [0, 0.1) is 20.8 Å². The first kappa shape index (κ1) is 20.2. The summed E-state index contributed by atoms with van der Waals surface area (Å²) in [6.45, 7) is 5.98. The SMILES string of the molecule is Cc1ccc(C)c(NC(=O)CCc2nc(CSc3nc4cc(C)ccc4o3)no2)c1. The van der Waals surface area contributed by atoms with Gasteiger partial charge in [0.25, 0.3) is 5.22 Å². The van der Waals surface area contributed by atoms with E-state index >= 15 is 0 Å². The molecule has 30 heavy (non-hydrogen) atoms. The third-order valence-electron chi connectivity index (χ3n) is 4.59. The molecule has 0 bridgehead atoms. The predicted molar refractivity (Wildman–Crippen MR) is 115 cm³/mol. The molecule has 0 spiro atoms. The largest absolute Gasteiger partial charge is 0.431 e. The maximum atomic E-state index is 12.3. The van der Waals surface area contributed by atoms with Gasteiger partial charge in [-0.25, -0.2) is 4.98 Å². The van der Waals surface area contributed by atoms with Crippen LogP contribution in [0.5, 0.6) is 0 Å². The van der Waals surface area contributed by atoms with Crippen LogP contribution >= 0.6 is 11.8 Å². The summed E-state index contributed by atoms with van der Waals surface area (Å²) in [4.78, 5) is 21.1. The van der Waals surface area contributed by atoms with Gasteiger partial charge in [-0.15, -0.1) is 0 Å². The number of hydrogen-bond acceptors (Lipinski definition) is 7. The molecule has 0 aliphatic heterocycles. The molecule has 0 saturated carbocycles. The summed E-state index contributed by atoms with van der Waals surface area (Å²) < 4.78 is 11.0. The van der Waals surface area contributed by atoms with Crippen molar-refractivity contribution in [1.82, 2.24) is 15.1 Å². The molecule has 0 aliphatic carbocycles. The van der Waals surface area contributed by atoms with Crippen LogP contribution in [0.15, 0.2) is 50.6 Å². The van der Waals surface area contributed by atoms with Gasteiger partial charge in [0.1, 0.15) is 5.52 Å². The normalized spacial score (nSPS) is 11.2. The highest BCUT2D eigenvalue weighted by Crippen LogP contribution is 2.26. The lowest BCUT2D eigenvalue weighted by Gasteiger charge is -2.08. The Labute approximate surface area is 178 Å². The second-order valence-electron chi connectivity index (χ2n) is 7.21. The molecule has 0 saturated heterocycles. The number of amides is 1. The summed E-state index contributed by atoms with van der Waals surface area (Å²) in [6.07, 6.45) is 0.656. The molecule has 0 fully saturated rings. The Morgan fingerprint density at radius 1 is 1.07 bits per heavy atom. The van der Waals surface area contributed by atoms with Gasteiger partial charge in [-0.05, 0) is 55.7 Å². The molecule has 4 aromatic rings. The number of nitrogens with one attached hydrogen (secondary N) is 1. The molecule has 0 aliphatic rings. The van der Waals surface area contributed by atoms with Gasteiger partial charge in [-0.2, -0.15) is 4.98 Å². The minimum atomic E-state index is -0.0837. The van der Waals surface area contributed by atoms with E-state index < -0.39 is 0 Å². The summed E-state index contributed by atoms with van der Waals surface area (Å²) in [7, 11) is 0. The second kappa shape index (κ2) is 8.71. The number of carbonyl (C=O) groups excluding carboxylic acids is 1. The molecule has 2 heterocycles. The number of aromatic nitrogens is 3. The minimum Gasteiger partial charge on any atom is -0.431 e. The number of benzene rings is 2. The quantitative estimate of drug-likeness (QED) is 0.419. The van der Waals surface area contributed by atoms with E-state index in [1.807, 2.05) is 57.2 Å². The lowest BCUT2D eigenvalue weighted by Crippen LogP contribution is -2.13. The topological polar surface area (TPSA) is 94.1 Å². The number of oxazole rings is 1. The third-order valence-corrected chi connectivity index (χ3v) is 5.42. The van der Waals surface area contributed by atoms with Crippen molar-refractivity contribution in [2.75, 3.05) is 5.32 Å². The first-order valence-corrected chi connectivity index (χ1v) is 10.6. The first-order chi connectivity index (χ1) is 14.5. The second-order valence-corrected chi connectivity index (χ2v) is 8.14. The molecular formula is C22H22N4O3S. The van der Waals surface area contributed by atoms with E-state index in [4.69, 9.17) is 8.94 Å². The monoisotopic (exact) mass is 422 g/mol. The van der Waals surface area contributed by atoms with Crippen molar-refractivity contribution in [3.63, 3.8) is 0 Å². The molecule has 1 N–H and O–H groups in total. The molecule has 0 atom stereocenters. The van der Waals surface area contributed by atoms with Gasteiger partial charge in [0.05, 0.1) is 5.75 Å². The van der Waals surface area contributed by atoms with Crippen LogP contribution in [0.1, 0.15) is 34.8 Å². The highest BCUT2D eigenvalue weighted by atomic mass is 32.2. The number of carbonyl (C=O) groups is 1. The zero-order valence-electron chi connectivity index (χ0n) is 17.1. The number of fused-ring (bicyclic) bond motifs is 1. The number of hydrogen-bond donors (Lipinski definition) is 1. The van der Waals surface area contributed by atoms with E-state index in [1.54, 1.807) is 0 Å². The average molecular weight is 423 g/mol. The fraction of sp³-hybridized carbons (Fsp3) is 0.273. The maximum Gasteiger partial charge on any atom is 0.257 e. The molecule has 0 radical (unpaired) electrons. The maximum absolute atomic E-state index is 12.3. The van der Waals surface area contributed by atoms with E-state index in [9.17, 15) is 4.79 Å². The van der Waals surface area contributed by atoms with Crippen LogP contribution in [-0.2, 0) is 17.0 Å². The van der Waals surface area contributed by atoms with Crippen molar-refractivity contribution in [2.24, 2.45) is 0 Å². The van der Waals surface area contributed by atoms with Crippen molar-refractivity contribution in [2.45, 2.75) is 44.6 Å². The van der Waals surface area contributed by atoms with E-state index in [2.05, 4.69) is 20.4 Å². The van der Waals surface area contributed by atoms with Gasteiger partial charge < -0.3 is 14.3 Å². The zero-order valence-corrected chi connectivity index (χ0v) is 17.9. The molecule has 0 unspecified atom stereocenters. The van der Waals surface area contributed by atoms with Gasteiger partial charge in [0, 0.05) is 18.5 Å². The lowest BCUT2D eigenvalue weighted by molar-refractivity contribution is -0.116. The Morgan fingerprint density at radius 3 is 2.73 bits per heavy atom. The van der Waals surface area contributed by atoms with E-state index in [0.29, 0.717) is 29.1 Å². The highest BCUT2D eigenvalue weighted by molar-refractivity contribution is 7.98. The van der Waals surface area contributed by atoms with Crippen molar-refractivity contribution in [1.29, 1.82) is 0 Å². The van der Waals surface area contributed by atoms with E-state index in [0.717, 1.165) is 33.5 Å². The van der Waals surface area contributed by atoms with Crippen molar-refractivity contribution in [3.05, 3.63) is 64.8 Å². The number of thioether (sulfide) groups is 1. The number of aryl methyl sites for hydroxylation is 4. The summed E-state index contributed by atoms with van der Waals surface area (Å²) in [5, 5.41) is 7.48. The molecule has 7 nitrogen and oxygen atoms in total. The van der Waals surface area contributed by atoms with Crippen LogP contribution in [-0.4, -0.2) is 21.0 Å². The molecule has 4 rings (SSSR count). The van der Waals surface area contributed by atoms with E-state index in [1.165, 1.54) is 11.8 Å². The van der Waals surface area contributed by atoms with Crippen molar-refractivity contribution >= 4 is 34.5 Å². The van der Waals surface area contributed by atoms with Gasteiger partial charge >= 0.3 is 0 Å². The van der Waals surface area contributed by atoms with Crippen LogP contribution < -0.4 is 5.32 Å². The molecule has 8 heteroatoms. The summed E-state index contributed by atoms with van der Waals surface area (Å²) in [5.74, 6) is 1.38. The fourth-order valence-electron chi connectivity index (χ4n) is 2.96. The summed E-state index contributed by atoms with van der Waals surface area (Å²) >= 11 is 1.41. The van der Waals surface area contributed by atoms with Gasteiger partial charge in [-0.1, -0.05) is 35.1 Å². The summed E-state index contributed by atoms with van der Waals surface area (Å²) in [6, 6.07) is 11.9. The van der Waals surface area contributed by atoms with Gasteiger partial charge in [-0.3, -0.25) is 4.79 Å². The Hall–Kier alpha value is -3.13. The molecule has 2 aromatic heterocycles. The average Bonchev–Trinajstić information content (AvgIpc) is 3.33. The number of nitrogens with zero attached hydrogens (tertiary/aromatic N) is 3. The Kier molecular flexibility index (Phi) is 5.85. The smallest absolute Gasteiger partial charge is 0.257 e. The number of anilines is 1. The van der Waals surface area contributed by atoms with Crippen LogP contribution in [0.25, 0.3) is 11.1 Å². The van der Waals surface area contributed by atoms with Crippen molar-refractivity contribution < 1.29 is 13.7 Å². The van der Waals surface area contributed by atoms with Gasteiger partial charge in [0.2, 0.25) is 11.8 Å². The number of rotatable bonds is 7. The molecular weight excluding hydrogens is 400 g/mol. The first-order valence-electron chi connectivity index (χ1n) is 9.65. The molecule has 2 aromatic carbocycles. The van der Waals surface area contributed by atoms with Crippen LogP contribution in [0.3, 0.4) is 0 Å². The minimum absolute atomic E-state index is 0.0837. The predicted octanol–water partition coefficient (Wildman–Crippen LogP) is 5.00. The van der Waals surface area contributed by atoms with Gasteiger partial charge in [0.15, 0.2) is 11.4 Å². The van der Waals surface area contributed by atoms with Crippen LogP contribution in [0.4, 0.5) is 5.69 Å². The standard InChI is InChI=1S/C22H22N4O3S/c1-13-4-6-15(3)16(10-13)23-20(27)8-9-21-25-19(26-29-21)12-30-22-24-17-11-14(2)5-7-18(17)28-22/h4-7,10-11H,8-9,12H2,1-3H3,(H,23,27). The van der Waals surface area contributed by atoms with E-state index in [-0.39, 0.29) is 12.3 Å². The van der Waals surface area contributed by atoms with Crippen molar-refractivity contribution in [3.8, 4) is 0 Å². The third kappa shape index (κ3) is 4.88. The Morgan fingerprint density at radius 2 is 1.87 bits per heavy atom. The highest BCUT2D eigenvalue weighted by Gasteiger charge is 2.13. The zero-order chi connectivity index (χ0) is 21.1. The summed E-state index contributed by atoms with van der Waals surface area (Å²) in [5.41, 5.74) is 5.69. The molecule has 154 valence electrons. The Balaban J connectivity index is 1.29. The molecule has 1 amide bonds. The lowest BCUT2D eigenvalue weighted by atomic mass is 10.1. The van der Waals surface area contributed by atoms with Crippen LogP contribution in [0.2, 0.25) is 0 Å². The fourth-order valence-corrected chi connectivity index (χ4v) is 3.64. The Bertz CT molecular complexity index is 1200.